The first kappa shape index (κ1) is 11.7. The average Bonchev–Trinajstić information content (AvgIpc) is 2.25. The van der Waals surface area contributed by atoms with Crippen LogP contribution in [0.5, 0.6) is 0 Å². The summed E-state index contributed by atoms with van der Waals surface area (Å²) in [6, 6.07) is 6.65. The standard InChI is InChI=1S/C13H16FN/c1-3-4-9-15-10-11(2)12-5-7-13(14)8-6-12/h5-8,11,15H,9-10H2,1-2H3. The lowest BCUT2D eigenvalue weighted by molar-refractivity contribution is 0.621. The topological polar surface area (TPSA) is 12.0 Å². The molecule has 1 nitrogen and oxygen atoms in total. The zero-order valence-corrected chi connectivity index (χ0v) is 9.18. The van der Waals surface area contributed by atoms with Gasteiger partial charge in [0.25, 0.3) is 0 Å². The summed E-state index contributed by atoms with van der Waals surface area (Å²) in [6.45, 7) is 5.51. The Kier molecular flexibility index (Phi) is 4.86. The van der Waals surface area contributed by atoms with Crippen molar-refractivity contribution >= 4 is 0 Å². The van der Waals surface area contributed by atoms with Gasteiger partial charge in [-0.05, 0) is 30.5 Å². The van der Waals surface area contributed by atoms with Crippen LogP contribution in [0.4, 0.5) is 4.39 Å². The number of hydrogen-bond donors (Lipinski definition) is 1. The van der Waals surface area contributed by atoms with Gasteiger partial charge in [-0.2, -0.15) is 0 Å². The highest BCUT2D eigenvalue weighted by Gasteiger charge is 2.03. The number of rotatable bonds is 4. The summed E-state index contributed by atoms with van der Waals surface area (Å²) in [7, 11) is 0. The summed E-state index contributed by atoms with van der Waals surface area (Å²) >= 11 is 0. The summed E-state index contributed by atoms with van der Waals surface area (Å²) in [5.41, 5.74) is 1.15. The van der Waals surface area contributed by atoms with Gasteiger partial charge in [0.2, 0.25) is 0 Å². The predicted molar refractivity (Wildman–Crippen MR) is 61.1 cm³/mol. The molecule has 80 valence electrons. The van der Waals surface area contributed by atoms with Crippen molar-refractivity contribution in [1.29, 1.82) is 0 Å². The third-order valence-corrected chi connectivity index (χ3v) is 2.28. The van der Waals surface area contributed by atoms with Crippen LogP contribution < -0.4 is 5.32 Å². The second-order valence-electron chi connectivity index (χ2n) is 3.51. The Morgan fingerprint density at radius 3 is 2.60 bits per heavy atom. The minimum absolute atomic E-state index is 0.184. The Hall–Kier alpha value is -1.33. The lowest BCUT2D eigenvalue weighted by Gasteiger charge is -2.11. The maximum absolute atomic E-state index is 12.7. The summed E-state index contributed by atoms with van der Waals surface area (Å²) in [4.78, 5) is 0. The molecule has 0 fully saturated rings. The van der Waals surface area contributed by atoms with E-state index in [-0.39, 0.29) is 5.82 Å². The van der Waals surface area contributed by atoms with Crippen LogP contribution >= 0.6 is 0 Å². The molecule has 1 atom stereocenters. The molecule has 0 saturated heterocycles. The molecule has 0 spiro atoms. The Morgan fingerprint density at radius 2 is 2.00 bits per heavy atom. The fraction of sp³-hybridized carbons (Fsp3) is 0.385. The third-order valence-electron chi connectivity index (χ3n) is 2.28. The molecule has 0 aliphatic carbocycles. The van der Waals surface area contributed by atoms with Crippen molar-refractivity contribution in [3.8, 4) is 11.8 Å². The molecule has 1 aromatic carbocycles. The fourth-order valence-corrected chi connectivity index (χ4v) is 1.35. The molecule has 2 heteroatoms. The van der Waals surface area contributed by atoms with E-state index >= 15 is 0 Å². The number of benzene rings is 1. The van der Waals surface area contributed by atoms with Crippen molar-refractivity contribution in [2.75, 3.05) is 13.1 Å². The molecule has 15 heavy (non-hydrogen) atoms. The van der Waals surface area contributed by atoms with Gasteiger partial charge < -0.3 is 5.32 Å². The van der Waals surface area contributed by atoms with Crippen molar-refractivity contribution in [3.05, 3.63) is 35.6 Å². The smallest absolute Gasteiger partial charge is 0.123 e. The Labute approximate surface area is 90.7 Å². The number of nitrogens with one attached hydrogen (secondary N) is 1. The molecule has 0 aliphatic rings. The second-order valence-corrected chi connectivity index (χ2v) is 3.51. The monoisotopic (exact) mass is 205 g/mol. The van der Waals surface area contributed by atoms with E-state index in [0.29, 0.717) is 12.5 Å². The van der Waals surface area contributed by atoms with Crippen molar-refractivity contribution in [2.24, 2.45) is 0 Å². The maximum atomic E-state index is 12.7. The highest BCUT2D eigenvalue weighted by Crippen LogP contribution is 2.14. The van der Waals surface area contributed by atoms with Gasteiger partial charge in [0.1, 0.15) is 5.82 Å². The Morgan fingerprint density at radius 1 is 1.33 bits per heavy atom. The highest BCUT2D eigenvalue weighted by molar-refractivity contribution is 5.20. The van der Waals surface area contributed by atoms with Crippen LogP contribution in [0.15, 0.2) is 24.3 Å². The molecule has 0 amide bonds. The molecular weight excluding hydrogens is 189 g/mol. The molecule has 0 saturated carbocycles. The summed E-state index contributed by atoms with van der Waals surface area (Å²) in [6.07, 6.45) is 0. The largest absolute Gasteiger partial charge is 0.306 e. The van der Waals surface area contributed by atoms with Gasteiger partial charge in [0, 0.05) is 6.54 Å². The molecule has 1 N–H and O–H groups in total. The van der Waals surface area contributed by atoms with Crippen LogP contribution in [0.3, 0.4) is 0 Å². The zero-order chi connectivity index (χ0) is 11.1. The lowest BCUT2D eigenvalue weighted by atomic mass is 10.0. The third kappa shape index (κ3) is 4.14. The average molecular weight is 205 g/mol. The van der Waals surface area contributed by atoms with E-state index in [4.69, 9.17) is 0 Å². The molecule has 1 aromatic rings. The number of halogens is 1. The summed E-state index contributed by atoms with van der Waals surface area (Å²) in [5.74, 6) is 5.96. The second kappa shape index (κ2) is 6.21. The van der Waals surface area contributed by atoms with E-state index < -0.39 is 0 Å². The Balaban J connectivity index is 2.41. The van der Waals surface area contributed by atoms with Gasteiger partial charge >= 0.3 is 0 Å². The van der Waals surface area contributed by atoms with Crippen LogP contribution in [0, 0.1) is 17.7 Å². The van der Waals surface area contributed by atoms with E-state index in [2.05, 4.69) is 24.1 Å². The van der Waals surface area contributed by atoms with E-state index in [0.717, 1.165) is 12.1 Å². The molecule has 1 unspecified atom stereocenters. The Bertz CT molecular complexity index is 345. The molecular formula is C13H16FN. The van der Waals surface area contributed by atoms with Crippen molar-refractivity contribution < 1.29 is 4.39 Å². The van der Waals surface area contributed by atoms with Crippen LogP contribution in [0.2, 0.25) is 0 Å². The first-order chi connectivity index (χ1) is 7.24. The summed E-state index contributed by atoms with van der Waals surface area (Å²) < 4.78 is 12.7. The molecule has 0 bridgehead atoms. The SMILES string of the molecule is CC#CCNCC(C)c1ccc(F)cc1. The van der Waals surface area contributed by atoms with Gasteiger partial charge in [0.15, 0.2) is 0 Å². The molecule has 0 aliphatic heterocycles. The highest BCUT2D eigenvalue weighted by atomic mass is 19.1. The molecule has 1 rings (SSSR count). The first-order valence-electron chi connectivity index (χ1n) is 5.10. The van der Waals surface area contributed by atoms with Crippen LogP contribution in [0.25, 0.3) is 0 Å². The van der Waals surface area contributed by atoms with E-state index in [1.54, 1.807) is 0 Å². The fourth-order valence-electron chi connectivity index (χ4n) is 1.35. The molecule has 0 aromatic heterocycles. The molecule has 0 radical (unpaired) electrons. The normalized spacial score (nSPS) is 11.7. The lowest BCUT2D eigenvalue weighted by Crippen LogP contribution is -2.20. The molecule has 0 heterocycles. The van der Waals surface area contributed by atoms with Gasteiger partial charge in [-0.1, -0.05) is 25.0 Å². The van der Waals surface area contributed by atoms with Crippen LogP contribution in [-0.2, 0) is 0 Å². The number of hydrogen-bond acceptors (Lipinski definition) is 1. The minimum Gasteiger partial charge on any atom is -0.306 e. The van der Waals surface area contributed by atoms with Crippen molar-refractivity contribution in [3.63, 3.8) is 0 Å². The van der Waals surface area contributed by atoms with E-state index in [1.165, 1.54) is 12.1 Å². The van der Waals surface area contributed by atoms with Crippen molar-refractivity contribution in [1.82, 2.24) is 5.32 Å². The van der Waals surface area contributed by atoms with Crippen LogP contribution in [0.1, 0.15) is 25.3 Å². The minimum atomic E-state index is -0.184. The van der Waals surface area contributed by atoms with E-state index in [1.807, 2.05) is 19.1 Å². The predicted octanol–water partition coefficient (Wildman–Crippen LogP) is 2.54. The van der Waals surface area contributed by atoms with Gasteiger partial charge in [-0.3, -0.25) is 0 Å². The van der Waals surface area contributed by atoms with Gasteiger partial charge in [0.05, 0.1) is 6.54 Å². The summed E-state index contributed by atoms with van der Waals surface area (Å²) in [5, 5.41) is 3.23. The van der Waals surface area contributed by atoms with Crippen molar-refractivity contribution in [2.45, 2.75) is 19.8 Å². The zero-order valence-electron chi connectivity index (χ0n) is 9.18. The van der Waals surface area contributed by atoms with Crippen LogP contribution in [-0.4, -0.2) is 13.1 Å². The van der Waals surface area contributed by atoms with Gasteiger partial charge in [-0.25, -0.2) is 4.39 Å². The van der Waals surface area contributed by atoms with E-state index in [9.17, 15) is 4.39 Å². The maximum Gasteiger partial charge on any atom is 0.123 e. The first-order valence-corrected chi connectivity index (χ1v) is 5.10. The quantitative estimate of drug-likeness (QED) is 0.588. The van der Waals surface area contributed by atoms with Gasteiger partial charge in [-0.15, -0.1) is 5.92 Å².